The van der Waals surface area contributed by atoms with E-state index in [0.29, 0.717) is 29.7 Å². The van der Waals surface area contributed by atoms with E-state index in [2.05, 4.69) is 5.32 Å². The zero-order chi connectivity index (χ0) is 14.8. The number of aliphatic hydroxyl groups excluding tert-OH is 1. The van der Waals surface area contributed by atoms with Gasteiger partial charge in [0.1, 0.15) is 0 Å². The molecular formula is C15H24ClNO3. The Balaban J connectivity index is 2.53. The Bertz CT molecular complexity index is 399. The highest BCUT2D eigenvalue weighted by molar-refractivity contribution is 6.31. The summed E-state index contributed by atoms with van der Waals surface area (Å²) in [5.41, 5.74) is 0.995. The number of ether oxygens (including phenoxy) is 2. The molecule has 0 aliphatic carbocycles. The van der Waals surface area contributed by atoms with Crippen molar-refractivity contribution in [2.75, 3.05) is 26.9 Å². The molecule has 0 saturated heterocycles. The molecule has 4 nitrogen and oxygen atoms in total. The number of aliphatic hydroxyl groups is 1. The molecule has 2 N–H and O–H groups in total. The molecule has 0 aliphatic heterocycles. The number of unbranched alkanes of at least 4 members (excludes halogenated alkanes) is 2. The summed E-state index contributed by atoms with van der Waals surface area (Å²) in [7, 11) is 1.62. The molecule has 20 heavy (non-hydrogen) atoms. The van der Waals surface area contributed by atoms with Crippen molar-refractivity contribution in [3.8, 4) is 11.5 Å². The second-order valence-corrected chi connectivity index (χ2v) is 4.90. The van der Waals surface area contributed by atoms with Crippen molar-refractivity contribution in [1.29, 1.82) is 0 Å². The third-order valence-electron chi connectivity index (χ3n) is 2.96. The summed E-state index contributed by atoms with van der Waals surface area (Å²) >= 11 is 6.25. The molecule has 0 amide bonds. The number of halogens is 1. The zero-order valence-corrected chi connectivity index (χ0v) is 13.0. The topological polar surface area (TPSA) is 50.7 Å². The molecule has 1 aromatic rings. The Hall–Kier alpha value is -0.970. The van der Waals surface area contributed by atoms with E-state index in [0.717, 1.165) is 31.4 Å². The van der Waals surface area contributed by atoms with E-state index < -0.39 is 0 Å². The maximum absolute atomic E-state index is 8.70. The number of nitrogens with one attached hydrogen (secondary N) is 1. The van der Waals surface area contributed by atoms with Crippen LogP contribution in [0.5, 0.6) is 11.5 Å². The normalized spacial score (nSPS) is 10.6. The number of methoxy groups -OCH3 is 1. The van der Waals surface area contributed by atoms with Crippen molar-refractivity contribution in [3.63, 3.8) is 0 Å². The average molecular weight is 302 g/mol. The van der Waals surface area contributed by atoms with Crippen molar-refractivity contribution in [3.05, 3.63) is 22.7 Å². The standard InChI is InChI=1S/C15H24ClNO3/c1-3-20-15-10-13(16)12(9-14(15)19-2)11-17-7-5-4-6-8-18/h9-10,17-18H,3-8,11H2,1-2H3. The maximum atomic E-state index is 8.70. The van der Waals surface area contributed by atoms with Crippen molar-refractivity contribution >= 4 is 11.6 Å². The summed E-state index contributed by atoms with van der Waals surface area (Å²) in [6.45, 7) is 4.37. The van der Waals surface area contributed by atoms with Gasteiger partial charge in [0, 0.05) is 24.2 Å². The number of hydrogen-bond acceptors (Lipinski definition) is 4. The van der Waals surface area contributed by atoms with Crippen LogP contribution in [0.25, 0.3) is 0 Å². The van der Waals surface area contributed by atoms with E-state index in [1.54, 1.807) is 13.2 Å². The minimum atomic E-state index is 0.266. The van der Waals surface area contributed by atoms with Crippen molar-refractivity contribution < 1.29 is 14.6 Å². The molecule has 5 heteroatoms. The minimum Gasteiger partial charge on any atom is -0.493 e. The number of benzene rings is 1. The molecule has 0 heterocycles. The Morgan fingerprint density at radius 1 is 1.20 bits per heavy atom. The van der Waals surface area contributed by atoms with E-state index in [4.69, 9.17) is 26.2 Å². The number of hydrogen-bond donors (Lipinski definition) is 2. The van der Waals surface area contributed by atoms with Crippen LogP contribution in [-0.4, -0.2) is 32.0 Å². The third-order valence-corrected chi connectivity index (χ3v) is 3.31. The van der Waals surface area contributed by atoms with Crippen LogP contribution in [0.2, 0.25) is 5.02 Å². The largest absolute Gasteiger partial charge is 0.493 e. The molecule has 0 saturated carbocycles. The quantitative estimate of drug-likeness (QED) is 0.652. The Morgan fingerprint density at radius 2 is 2.00 bits per heavy atom. The summed E-state index contributed by atoms with van der Waals surface area (Å²) in [4.78, 5) is 0. The van der Waals surface area contributed by atoms with Crippen molar-refractivity contribution in [2.24, 2.45) is 0 Å². The van der Waals surface area contributed by atoms with Crippen LogP contribution in [0.3, 0.4) is 0 Å². The molecule has 1 rings (SSSR count). The Kier molecular flexibility index (Phi) is 8.42. The summed E-state index contributed by atoms with van der Waals surface area (Å²) in [5.74, 6) is 1.38. The molecule has 0 bridgehead atoms. The molecule has 114 valence electrons. The van der Waals surface area contributed by atoms with Gasteiger partial charge in [-0.3, -0.25) is 0 Å². The second-order valence-electron chi connectivity index (χ2n) is 4.49. The molecule has 0 fully saturated rings. The lowest BCUT2D eigenvalue weighted by Crippen LogP contribution is -2.15. The van der Waals surface area contributed by atoms with Gasteiger partial charge in [-0.25, -0.2) is 0 Å². The first kappa shape index (κ1) is 17.1. The summed E-state index contributed by atoms with van der Waals surface area (Å²) in [6, 6.07) is 3.71. The predicted octanol–water partition coefficient (Wildman–Crippen LogP) is 3.00. The van der Waals surface area contributed by atoms with Crippen LogP contribution in [0.4, 0.5) is 0 Å². The molecule has 0 radical (unpaired) electrons. The van der Waals surface area contributed by atoms with Crippen LogP contribution >= 0.6 is 11.6 Å². The monoisotopic (exact) mass is 301 g/mol. The first-order chi connectivity index (χ1) is 9.72. The lowest BCUT2D eigenvalue weighted by molar-refractivity contribution is 0.283. The van der Waals surface area contributed by atoms with Gasteiger partial charge < -0.3 is 19.9 Å². The molecule has 0 atom stereocenters. The maximum Gasteiger partial charge on any atom is 0.162 e. The average Bonchev–Trinajstić information content (AvgIpc) is 2.45. The fourth-order valence-corrected chi connectivity index (χ4v) is 2.12. The van der Waals surface area contributed by atoms with Gasteiger partial charge in [-0.05, 0) is 44.4 Å². The highest BCUT2D eigenvalue weighted by atomic mass is 35.5. The smallest absolute Gasteiger partial charge is 0.162 e. The van der Waals surface area contributed by atoms with Crippen LogP contribution in [0.15, 0.2) is 12.1 Å². The van der Waals surface area contributed by atoms with E-state index in [1.165, 1.54) is 0 Å². The lowest BCUT2D eigenvalue weighted by Gasteiger charge is -2.13. The molecule has 1 aromatic carbocycles. The van der Waals surface area contributed by atoms with Crippen LogP contribution in [-0.2, 0) is 6.54 Å². The second kappa shape index (κ2) is 9.86. The third kappa shape index (κ3) is 5.57. The van der Waals surface area contributed by atoms with E-state index in [9.17, 15) is 0 Å². The van der Waals surface area contributed by atoms with Gasteiger partial charge in [0.25, 0.3) is 0 Å². The fourth-order valence-electron chi connectivity index (χ4n) is 1.90. The van der Waals surface area contributed by atoms with Gasteiger partial charge in [0.15, 0.2) is 11.5 Å². The first-order valence-electron chi connectivity index (χ1n) is 7.03. The highest BCUT2D eigenvalue weighted by Crippen LogP contribution is 2.33. The molecule has 0 spiro atoms. The van der Waals surface area contributed by atoms with Gasteiger partial charge in [0.05, 0.1) is 13.7 Å². The lowest BCUT2D eigenvalue weighted by atomic mass is 10.2. The van der Waals surface area contributed by atoms with Gasteiger partial charge >= 0.3 is 0 Å². The van der Waals surface area contributed by atoms with Crippen LogP contribution < -0.4 is 14.8 Å². The predicted molar refractivity (Wildman–Crippen MR) is 81.8 cm³/mol. The SMILES string of the molecule is CCOc1cc(Cl)c(CNCCCCCO)cc1OC. The van der Waals surface area contributed by atoms with E-state index >= 15 is 0 Å². The molecular weight excluding hydrogens is 278 g/mol. The zero-order valence-electron chi connectivity index (χ0n) is 12.2. The summed E-state index contributed by atoms with van der Waals surface area (Å²) in [5, 5.41) is 12.7. The molecule has 0 unspecified atom stereocenters. The summed E-state index contributed by atoms with van der Waals surface area (Å²) < 4.78 is 10.8. The van der Waals surface area contributed by atoms with Crippen LogP contribution in [0, 0.1) is 0 Å². The summed E-state index contributed by atoms with van der Waals surface area (Å²) in [6.07, 6.45) is 2.94. The molecule has 0 aromatic heterocycles. The number of rotatable bonds is 10. The Labute approximate surface area is 126 Å². The van der Waals surface area contributed by atoms with Gasteiger partial charge in [-0.15, -0.1) is 0 Å². The van der Waals surface area contributed by atoms with Crippen molar-refractivity contribution in [2.45, 2.75) is 32.7 Å². The van der Waals surface area contributed by atoms with Gasteiger partial charge in [0.2, 0.25) is 0 Å². The van der Waals surface area contributed by atoms with Gasteiger partial charge in [-0.2, -0.15) is 0 Å². The van der Waals surface area contributed by atoms with Crippen molar-refractivity contribution in [1.82, 2.24) is 5.32 Å². The molecule has 0 aliphatic rings. The minimum absolute atomic E-state index is 0.266. The Morgan fingerprint density at radius 3 is 2.65 bits per heavy atom. The highest BCUT2D eigenvalue weighted by Gasteiger charge is 2.09. The first-order valence-corrected chi connectivity index (χ1v) is 7.41. The fraction of sp³-hybridized carbons (Fsp3) is 0.600. The van der Waals surface area contributed by atoms with Crippen LogP contribution in [0.1, 0.15) is 31.7 Å². The van der Waals surface area contributed by atoms with Gasteiger partial charge in [-0.1, -0.05) is 11.6 Å². The van der Waals surface area contributed by atoms with E-state index in [1.807, 2.05) is 13.0 Å². The van der Waals surface area contributed by atoms with E-state index in [-0.39, 0.29) is 6.61 Å².